The molecule has 1 amide bonds. The van der Waals surface area contributed by atoms with Crippen LogP contribution in [-0.2, 0) is 24.1 Å². The number of carbonyl (C=O) groups is 1. The molecule has 1 unspecified atom stereocenters. The summed E-state index contributed by atoms with van der Waals surface area (Å²) in [5, 5.41) is 4.13. The third kappa shape index (κ3) is 4.18. The highest BCUT2D eigenvalue weighted by Crippen LogP contribution is 2.27. The number of thiazole rings is 1. The topological polar surface area (TPSA) is 68.0 Å². The molecule has 5 heteroatoms. The van der Waals surface area contributed by atoms with Crippen LogP contribution in [0.4, 0.5) is 0 Å². The van der Waals surface area contributed by atoms with Crippen LogP contribution in [0.15, 0.2) is 30.3 Å². The number of amides is 1. The van der Waals surface area contributed by atoms with Crippen LogP contribution in [0.1, 0.15) is 46.4 Å². The quantitative estimate of drug-likeness (QED) is 0.801. The fourth-order valence-electron chi connectivity index (χ4n) is 2.89. The lowest BCUT2D eigenvalue weighted by atomic mass is 10.0. The van der Waals surface area contributed by atoms with Crippen molar-refractivity contribution in [2.45, 2.75) is 44.6 Å². The van der Waals surface area contributed by atoms with Crippen LogP contribution in [0.2, 0.25) is 0 Å². The molecule has 0 saturated carbocycles. The second-order valence-corrected chi connectivity index (χ2v) is 7.14. The Labute approximate surface area is 141 Å². The maximum absolute atomic E-state index is 12.1. The highest BCUT2D eigenvalue weighted by molar-refractivity contribution is 7.11. The van der Waals surface area contributed by atoms with Gasteiger partial charge in [-0.05, 0) is 37.7 Å². The Balaban J connectivity index is 1.43. The molecule has 0 fully saturated rings. The molecular formula is C18H23N3OS. The lowest BCUT2D eigenvalue weighted by Crippen LogP contribution is -2.34. The SMILES string of the molecule is NC(C(=O)NCCCc1nc2c(s1)CCCC2)c1ccccc1. The molecule has 0 saturated heterocycles. The number of benzene rings is 1. The highest BCUT2D eigenvalue weighted by atomic mass is 32.1. The van der Waals surface area contributed by atoms with Crippen LogP contribution in [0.25, 0.3) is 0 Å². The molecule has 3 N–H and O–H groups in total. The lowest BCUT2D eigenvalue weighted by molar-refractivity contribution is -0.122. The van der Waals surface area contributed by atoms with Crippen molar-refractivity contribution in [3.8, 4) is 0 Å². The lowest BCUT2D eigenvalue weighted by Gasteiger charge is -2.12. The average Bonchev–Trinajstić information content (AvgIpc) is 3.01. The second-order valence-electron chi connectivity index (χ2n) is 5.97. The minimum atomic E-state index is -0.594. The standard InChI is InChI=1S/C18H23N3OS/c19-17(13-7-2-1-3-8-13)18(22)20-12-6-11-16-21-14-9-4-5-10-15(14)23-16/h1-3,7-8,17H,4-6,9-12,19H2,(H,20,22). The monoisotopic (exact) mass is 329 g/mol. The zero-order chi connectivity index (χ0) is 16.1. The first-order valence-corrected chi connectivity index (χ1v) is 9.11. The first-order valence-electron chi connectivity index (χ1n) is 8.30. The molecule has 122 valence electrons. The third-order valence-corrected chi connectivity index (χ3v) is 5.41. The summed E-state index contributed by atoms with van der Waals surface area (Å²) < 4.78 is 0. The summed E-state index contributed by atoms with van der Waals surface area (Å²) >= 11 is 1.85. The Morgan fingerprint density at radius 1 is 1.26 bits per heavy atom. The Kier molecular flexibility index (Phi) is 5.41. The smallest absolute Gasteiger partial charge is 0.241 e. The van der Waals surface area contributed by atoms with E-state index in [1.165, 1.54) is 34.8 Å². The number of nitrogens with one attached hydrogen (secondary N) is 1. The predicted octanol–water partition coefficient (Wildman–Crippen LogP) is 2.77. The molecule has 4 nitrogen and oxygen atoms in total. The van der Waals surface area contributed by atoms with Gasteiger partial charge >= 0.3 is 0 Å². The van der Waals surface area contributed by atoms with E-state index in [4.69, 9.17) is 10.7 Å². The van der Waals surface area contributed by atoms with Crippen molar-refractivity contribution in [2.75, 3.05) is 6.54 Å². The summed E-state index contributed by atoms with van der Waals surface area (Å²) in [7, 11) is 0. The maximum Gasteiger partial charge on any atom is 0.241 e. The minimum Gasteiger partial charge on any atom is -0.354 e. The molecule has 1 aromatic heterocycles. The Hall–Kier alpha value is -1.72. The molecule has 0 bridgehead atoms. The number of hydrogen-bond acceptors (Lipinski definition) is 4. The molecule has 0 aliphatic heterocycles. The Bertz CT molecular complexity index is 630. The van der Waals surface area contributed by atoms with Gasteiger partial charge in [0.05, 0.1) is 10.7 Å². The van der Waals surface area contributed by atoms with E-state index in [-0.39, 0.29) is 5.91 Å². The van der Waals surface area contributed by atoms with Crippen LogP contribution in [0.5, 0.6) is 0 Å². The summed E-state index contributed by atoms with van der Waals surface area (Å²) in [6.07, 6.45) is 6.72. The largest absolute Gasteiger partial charge is 0.354 e. The summed E-state index contributed by atoms with van der Waals surface area (Å²) in [6, 6.07) is 8.87. The van der Waals surface area contributed by atoms with Gasteiger partial charge in [-0.25, -0.2) is 4.98 Å². The van der Waals surface area contributed by atoms with Crippen molar-refractivity contribution in [1.82, 2.24) is 10.3 Å². The van der Waals surface area contributed by atoms with E-state index in [0.29, 0.717) is 6.54 Å². The van der Waals surface area contributed by atoms with Crippen LogP contribution in [0.3, 0.4) is 0 Å². The minimum absolute atomic E-state index is 0.116. The third-order valence-electron chi connectivity index (χ3n) is 4.20. The summed E-state index contributed by atoms with van der Waals surface area (Å²) in [5.41, 5.74) is 8.13. The molecular weight excluding hydrogens is 306 g/mol. The fraction of sp³-hybridized carbons (Fsp3) is 0.444. The van der Waals surface area contributed by atoms with Gasteiger partial charge in [-0.1, -0.05) is 30.3 Å². The highest BCUT2D eigenvalue weighted by Gasteiger charge is 2.16. The molecule has 3 rings (SSSR count). The Morgan fingerprint density at radius 2 is 2.04 bits per heavy atom. The van der Waals surface area contributed by atoms with Crippen molar-refractivity contribution in [3.63, 3.8) is 0 Å². The number of nitrogens with zero attached hydrogens (tertiary/aromatic N) is 1. The number of aromatic nitrogens is 1. The van der Waals surface area contributed by atoms with Gasteiger partial charge < -0.3 is 11.1 Å². The van der Waals surface area contributed by atoms with E-state index in [1.807, 2.05) is 41.7 Å². The van der Waals surface area contributed by atoms with Gasteiger partial charge in [0.15, 0.2) is 0 Å². The van der Waals surface area contributed by atoms with Crippen molar-refractivity contribution < 1.29 is 4.79 Å². The zero-order valence-corrected chi connectivity index (χ0v) is 14.1. The van der Waals surface area contributed by atoms with Crippen LogP contribution >= 0.6 is 11.3 Å². The molecule has 1 aliphatic carbocycles. The second kappa shape index (κ2) is 7.70. The van der Waals surface area contributed by atoms with Gasteiger partial charge in [0, 0.05) is 17.8 Å². The van der Waals surface area contributed by atoms with Crippen molar-refractivity contribution in [1.29, 1.82) is 0 Å². The summed E-state index contributed by atoms with van der Waals surface area (Å²) in [4.78, 5) is 18.3. The molecule has 0 radical (unpaired) electrons. The summed E-state index contributed by atoms with van der Waals surface area (Å²) in [6.45, 7) is 0.642. The van der Waals surface area contributed by atoms with Gasteiger partial charge in [0.1, 0.15) is 6.04 Å². The van der Waals surface area contributed by atoms with Gasteiger partial charge in [-0.15, -0.1) is 11.3 Å². The van der Waals surface area contributed by atoms with E-state index >= 15 is 0 Å². The first kappa shape index (κ1) is 16.1. The van der Waals surface area contributed by atoms with Crippen LogP contribution in [0, 0.1) is 0 Å². The van der Waals surface area contributed by atoms with Crippen LogP contribution < -0.4 is 11.1 Å². The molecule has 23 heavy (non-hydrogen) atoms. The summed E-state index contributed by atoms with van der Waals surface area (Å²) in [5.74, 6) is -0.116. The number of carbonyl (C=O) groups excluding carboxylic acids is 1. The van der Waals surface area contributed by atoms with Crippen LogP contribution in [-0.4, -0.2) is 17.4 Å². The van der Waals surface area contributed by atoms with E-state index in [2.05, 4.69) is 5.32 Å². The number of rotatable bonds is 6. The van der Waals surface area contributed by atoms with Gasteiger partial charge in [-0.3, -0.25) is 4.79 Å². The van der Waals surface area contributed by atoms with Gasteiger partial charge in [-0.2, -0.15) is 0 Å². The molecule has 1 aliphatic rings. The van der Waals surface area contributed by atoms with E-state index in [0.717, 1.165) is 24.8 Å². The average molecular weight is 329 g/mol. The molecule has 1 aromatic carbocycles. The predicted molar refractivity (Wildman–Crippen MR) is 93.5 cm³/mol. The number of hydrogen-bond donors (Lipinski definition) is 2. The molecule has 2 aromatic rings. The molecule has 1 atom stereocenters. The van der Waals surface area contributed by atoms with Crippen molar-refractivity contribution >= 4 is 17.2 Å². The Morgan fingerprint density at radius 3 is 2.83 bits per heavy atom. The molecule has 0 spiro atoms. The van der Waals surface area contributed by atoms with Gasteiger partial charge in [0.25, 0.3) is 0 Å². The zero-order valence-electron chi connectivity index (χ0n) is 13.3. The fourth-order valence-corrected chi connectivity index (χ4v) is 4.08. The molecule has 1 heterocycles. The first-order chi connectivity index (χ1) is 11.2. The number of aryl methyl sites for hydroxylation is 3. The number of fused-ring (bicyclic) bond motifs is 1. The van der Waals surface area contributed by atoms with E-state index in [1.54, 1.807) is 0 Å². The number of nitrogens with two attached hydrogens (primary N) is 1. The van der Waals surface area contributed by atoms with Crippen molar-refractivity contribution in [3.05, 3.63) is 51.5 Å². The van der Waals surface area contributed by atoms with Crippen molar-refractivity contribution in [2.24, 2.45) is 5.73 Å². The maximum atomic E-state index is 12.1. The van der Waals surface area contributed by atoms with E-state index < -0.39 is 6.04 Å². The normalized spacial score (nSPS) is 15.0. The van der Waals surface area contributed by atoms with E-state index in [9.17, 15) is 4.79 Å². The van der Waals surface area contributed by atoms with Gasteiger partial charge in [0.2, 0.25) is 5.91 Å².